The normalized spacial score (nSPS) is 10.8. The number of anilines is 3. The van der Waals surface area contributed by atoms with E-state index in [0.29, 0.717) is 11.0 Å². The molecule has 2 N–H and O–H groups in total. The van der Waals surface area contributed by atoms with Crippen LogP contribution in [0.15, 0.2) is 24.4 Å². The van der Waals surface area contributed by atoms with Crippen molar-refractivity contribution in [3.63, 3.8) is 0 Å². The molecule has 0 amide bonds. The van der Waals surface area contributed by atoms with E-state index in [1.807, 2.05) is 40.1 Å². The Hall–Kier alpha value is -1.85. The maximum atomic E-state index is 6.30. The standard InChI is InChI=1S/C16H22ClN5/c1-11-9-12(2)15(13(17)10-11)21-16-19-6-5-14(20-16)18-7-8-22(3)4/h5-6,9-10H,7-8H2,1-4H3,(H2,18,19,20,21). The van der Waals surface area contributed by atoms with Gasteiger partial charge in [0.15, 0.2) is 0 Å². The predicted octanol–water partition coefficient (Wildman–Crippen LogP) is 3.46. The molecule has 0 aliphatic heterocycles. The van der Waals surface area contributed by atoms with Crippen molar-refractivity contribution in [2.75, 3.05) is 37.8 Å². The van der Waals surface area contributed by atoms with Crippen molar-refractivity contribution >= 4 is 29.1 Å². The van der Waals surface area contributed by atoms with E-state index in [0.717, 1.165) is 35.7 Å². The molecule has 6 heteroatoms. The van der Waals surface area contributed by atoms with Gasteiger partial charge in [0.05, 0.1) is 10.7 Å². The minimum Gasteiger partial charge on any atom is -0.369 e. The van der Waals surface area contributed by atoms with Crippen LogP contribution in [0.1, 0.15) is 11.1 Å². The Balaban J connectivity index is 2.10. The van der Waals surface area contributed by atoms with E-state index in [2.05, 4.69) is 31.6 Å². The number of likely N-dealkylation sites (N-methyl/N-ethyl adjacent to an activating group) is 1. The number of nitrogens with zero attached hydrogens (tertiary/aromatic N) is 3. The van der Waals surface area contributed by atoms with Gasteiger partial charge in [-0.1, -0.05) is 17.7 Å². The summed E-state index contributed by atoms with van der Waals surface area (Å²) in [6.07, 6.45) is 1.73. The topological polar surface area (TPSA) is 53.1 Å². The number of hydrogen-bond donors (Lipinski definition) is 2. The van der Waals surface area contributed by atoms with Crippen LogP contribution in [0.2, 0.25) is 5.02 Å². The first-order chi connectivity index (χ1) is 10.5. The molecule has 2 rings (SSSR count). The number of rotatable bonds is 6. The molecule has 0 spiro atoms. The average Bonchev–Trinajstić information content (AvgIpc) is 2.43. The Morgan fingerprint density at radius 1 is 1.23 bits per heavy atom. The third-order valence-electron chi connectivity index (χ3n) is 3.19. The van der Waals surface area contributed by atoms with Gasteiger partial charge >= 0.3 is 0 Å². The highest BCUT2D eigenvalue weighted by molar-refractivity contribution is 6.33. The van der Waals surface area contributed by atoms with Gasteiger partial charge in [0.1, 0.15) is 5.82 Å². The van der Waals surface area contributed by atoms with Crippen LogP contribution < -0.4 is 10.6 Å². The molecule has 0 saturated carbocycles. The molecule has 0 aliphatic rings. The molecule has 1 aromatic heterocycles. The summed E-state index contributed by atoms with van der Waals surface area (Å²) < 4.78 is 0. The summed E-state index contributed by atoms with van der Waals surface area (Å²) in [6.45, 7) is 5.80. The number of nitrogens with one attached hydrogen (secondary N) is 2. The van der Waals surface area contributed by atoms with Gasteiger partial charge in [0, 0.05) is 19.3 Å². The zero-order chi connectivity index (χ0) is 16.1. The highest BCUT2D eigenvalue weighted by Gasteiger charge is 2.07. The van der Waals surface area contributed by atoms with Gasteiger partial charge in [0.25, 0.3) is 0 Å². The molecule has 0 saturated heterocycles. The molecule has 0 unspecified atom stereocenters. The van der Waals surface area contributed by atoms with E-state index in [9.17, 15) is 0 Å². The van der Waals surface area contributed by atoms with Crippen molar-refractivity contribution in [3.05, 3.63) is 40.5 Å². The van der Waals surface area contributed by atoms with Gasteiger partial charge in [-0.3, -0.25) is 0 Å². The minimum atomic E-state index is 0.531. The fourth-order valence-electron chi connectivity index (χ4n) is 2.11. The van der Waals surface area contributed by atoms with Crippen LogP contribution in [0.4, 0.5) is 17.5 Å². The molecule has 1 heterocycles. The summed E-state index contributed by atoms with van der Waals surface area (Å²) in [7, 11) is 4.08. The van der Waals surface area contributed by atoms with Crippen molar-refractivity contribution < 1.29 is 0 Å². The SMILES string of the molecule is Cc1cc(C)c(Nc2nccc(NCCN(C)C)n2)c(Cl)c1. The molecule has 0 atom stereocenters. The average molecular weight is 320 g/mol. The van der Waals surface area contributed by atoms with E-state index < -0.39 is 0 Å². The molecular formula is C16H22ClN5. The molecule has 0 bridgehead atoms. The highest BCUT2D eigenvalue weighted by atomic mass is 35.5. The number of hydrogen-bond acceptors (Lipinski definition) is 5. The fourth-order valence-corrected chi connectivity index (χ4v) is 2.48. The molecule has 1 aromatic carbocycles. The lowest BCUT2D eigenvalue weighted by Gasteiger charge is -2.13. The Kier molecular flexibility index (Phi) is 5.57. The lowest BCUT2D eigenvalue weighted by Crippen LogP contribution is -2.21. The summed E-state index contributed by atoms with van der Waals surface area (Å²) in [5, 5.41) is 7.15. The zero-order valence-electron chi connectivity index (χ0n) is 13.4. The first kappa shape index (κ1) is 16.5. The minimum absolute atomic E-state index is 0.531. The highest BCUT2D eigenvalue weighted by Crippen LogP contribution is 2.29. The Morgan fingerprint density at radius 3 is 2.68 bits per heavy atom. The van der Waals surface area contributed by atoms with Crippen LogP contribution >= 0.6 is 11.6 Å². The van der Waals surface area contributed by atoms with Crippen LogP contribution in [0.25, 0.3) is 0 Å². The van der Waals surface area contributed by atoms with Crippen molar-refractivity contribution in [2.45, 2.75) is 13.8 Å². The van der Waals surface area contributed by atoms with Gasteiger partial charge in [-0.25, -0.2) is 4.98 Å². The smallest absolute Gasteiger partial charge is 0.229 e. The monoisotopic (exact) mass is 319 g/mol. The first-order valence-electron chi connectivity index (χ1n) is 7.21. The third kappa shape index (κ3) is 4.58. The van der Waals surface area contributed by atoms with Gasteiger partial charge in [-0.05, 0) is 51.2 Å². The maximum absolute atomic E-state index is 6.30. The Labute approximate surface area is 136 Å². The second-order valence-electron chi connectivity index (χ2n) is 5.56. The number of aromatic nitrogens is 2. The molecule has 118 valence electrons. The van der Waals surface area contributed by atoms with Gasteiger partial charge in [-0.15, -0.1) is 0 Å². The van der Waals surface area contributed by atoms with Crippen LogP contribution in [0.3, 0.4) is 0 Å². The van der Waals surface area contributed by atoms with Crippen molar-refractivity contribution in [2.24, 2.45) is 0 Å². The molecule has 0 fully saturated rings. The lowest BCUT2D eigenvalue weighted by molar-refractivity contribution is 0.425. The van der Waals surface area contributed by atoms with Crippen LogP contribution in [-0.4, -0.2) is 42.1 Å². The summed E-state index contributed by atoms with van der Waals surface area (Å²) in [5.74, 6) is 1.32. The predicted molar refractivity (Wildman–Crippen MR) is 93.3 cm³/mol. The molecule has 22 heavy (non-hydrogen) atoms. The van der Waals surface area contributed by atoms with Crippen LogP contribution in [0, 0.1) is 13.8 Å². The van der Waals surface area contributed by atoms with Crippen molar-refractivity contribution in [3.8, 4) is 0 Å². The molecule has 0 aliphatic carbocycles. The van der Waals surface area contributed by atoms with Crippen LogP contribution in [0.5, 0.6) is 0 Å². The van der Waals surface area contributed by atoms with Crippen molar-refractivity contribution in [1.82, 2.24) is 14.9 Å². The Morgan fingerprint density at radius 2 is 2.00 bits per heavy atom. The van der Waals surface area contributed by atoms with E-state index in [-0.39, 0.29) is 0 Å². The number of benzene rings is 1. The second-order valence-corrected chi connectivity index (χ2v) is 5.97. The van der Waals surface area contributed by atoms with Crippen molar-refractivity contribution in [1.29, 1.82) is 0 Å². The number of halogens is 1. The quantitative estimate of drug-likeness (QED) is 0.854. The fraction of sp³-hybridized carbons (Fsp3) is 0.375. The van der Waals surface area contributed by atoms with E-state index in [1.165, 1.54) is 0 Å². The van der Waals surface area contributed by atoms with Gasteiger partial charge in [-0.2, -0.15) is 4.98 Å². The summed E-state index contributed by atoms with van der Waals surface area (Å²) in [5.41, 5.74) is 3.05. The lowest BCUT2D eigenvalue weighted by atomic mass is 10.1. The molecule has 5 nitrogen and oxygen atoms in total. The van der Waals surface area contributed by atoms with Crippen LogP contribution in [-0.2, 0) is 0 Å². The number of aryl methyl sites for hydroxylation is 2. The largest absolute Gasteiger partial charge is 0.369 e. The molecule has 2 aromatic rings. The summed E-state index contributed by atoms with van der Waals surface area (Å²) in [6, 6.07) is 5.86. The van der Waals surface area contributed by atoms with E-state index in [4.69, 9.17) is 11.6 Å². The maximum Gasteiger partial charge on any atom is 0.229 e. The zero-order valence-corrected chi connectivity index (χ0v) is 14.2. The van der Waals surface area contributed by atoms with Gasteiger partial charge < -0.3 is 15.5 Å². The van der Waals surface area contributed by atoms with E-state index in [1.54, 1.807) is 6.20 Å². The molecule has 0 radical (unpaired) electrons. The first-order valence-corrected chi connectivity index (χ1v) is 7.59. The summed E-state index contributed by atoms with van der Waals surface area (Å²) in [4.78, 5) is 10.8. The summed E-state index contributed by atoms with van der Waals surface area (Å²) >= 11 is 6.30. The van der Waals surface area contributed by atoms with E-state index >= 15 is 0 Å². The third-order valence-corrected chi connectivity index (χ3v) is 3.49. The van der Waals surface area contributed by atoms with Gasteiger partial charge in [0.2, 0.25) is 5.95 Å². The second kappa shape index (κ2) is 7.42. The Bertz CT molecular complexity index is 619. The molecular weight excluding hydrogens is 298 g/mol.